The molecular formula is C7H12INO2. The summed E-state index contributed by atoms with van der Waals surface area (Å²) in [5, 5.41) is 8.78. The van der Waals surface area contributed by atoms with E-state index in [4.69, 9.17) is 5.11 Å². The Morgan fingerprint density at radius 3 is 2.82 bits per heavy atom. The monoisotopic (exact) mass is 269 g/mol. The molecule has 64 valence electrons. The van der Waals surface area contributed by atoms with Gasteiger partial charge in [0.05, 0.1) is 0 Å². The van der Waals surface area contributed by atoms with Gasteiger partial charge in [0.25, 0.3) is 0 Å². The van der Waals surface area contributed by atoms with Crippen molar-refractivity contribution in [2.75, 3.05) is 6.54 Å². The average Bonchev–Trinajstić information content (AvgIpc) is 1.94. The molecule has 0 bridgehead atoms. The van der Waals surface area contributed by atoms with Crippen LogP contribution in [0.3, 0.4) is 0 Å². The minimum Gasteiger partial charge on any atom is -0.480 e. The second kappa shape index (κ2) is 3.71. The van der Waals surface area contributed by atoms with Gasteiger partial charge in [0, 0.05) is 29.4 Å². The molecule has 0 aromatic carbocycles. The summed E-state index contributed by atoms with van der Waals surface area (Å²) in [6.45, 7) is 3.01. The zero-order chi connectivity index (χ0) is 8.43. The number of hydrogen-bond donors (Lipinski definition) is 1. The van der Waals surface area contributed by atoms with Gasteiger partial charge >= 0.3 is 5.97 Å². The molecule has 4 heteroatoms. The van der Waals surface area contributed by atoms with E-state index in [1.54, 1.807) is 0 Å². The second-order valence-corrected chi connectivity index (χ2v) is 4.35. The predicted molar refractivity (Wildman–Crippen MR) is 50.5 cm³/mol. The van der Waals surface area contributed by atoms with Crippen molar-refractivity contribution < 1.29 is 9.90 Å². The molecule has 11 heavy (non-hydrogen) atoms. The van der Waals surface area contributed by atoms with Crippen LogP contribution in [0, 0.1) is 5.92 Å². The minimum absolute atomic E-state index is 0.264. The molecule has 0 aliphatic carbocycles. The SMILES string of the molecule is CC1CCN(I)C(C(=O)O)C1. The van der Waals surface area contributed by atoms with E-state index in [-0.39, 0.29) is 6.04 Å². The summed E-state index contributed by atoms with van der Waals surface area (Å²) in [7, 11) is 0. The Morgan fingerprint density at radius 1 is 1.73 bits per heavy atom. The molecule has 1 fully saturated rings. The van der Waals surface area contributed by atoms with Gasteiger partial charge in [0.2, 0.25) is 0 Å². The molecule has 0 aromatic heterocycles. The van der Waals surface area contributed by atoms with E-state index in [1.807, 2.05) is 3.11 Å². The third-order valence-electron chi connectivity index (χ3n) is 2.08. The van der Waals surface area contributed by atoms with E-state index in [1.165, 1.54) is 0 Å². The Bertz CT molecular complexity index is 163. The number of aliphatic carboxylic acids is 1. The number of halogens is 1. The number of hydrogen-bond acceptors (Lipinski definition) is 2. The van der Waals surface area contributed by atoms with E-state index in [0.29, 0.717) is 5.92 Å². The molecule has 1 aliphatic heterocycles. The Balaban J connectivity index is 2.54. The van der Waals surface area contributed by atoms with Crippen molar-refractivity contribution in [1.82, 2.24) is 3.11 Å². The highest BCUT2D eigenvalue weighted by atomic mass is 127. The smallest absolute Gasteiger partial charge is 0.321 e. The number of carboxylic acids is 1. The van der Waals surface area contributed by atoms with Crippen LogP contribution in [0.2, 0.25) is 0 Å². The van der Waals surface area contributed by atoms with Crippen LogP contribution in [-0.2, 0) is 4.79 Å². The standard InChI is InChI=1S/C7H12INO2/c1-5-2-3-9(8)6(4-5)7(10)11/h5-6H,2-4H2,1H3,(H,10,11). The Kier molecular flexibility index (Phi) is 3.12. The number of rotatable bonds is 1. The maximum atomic E-state index is 10.7. The first-order chi connectivity index (χ1) is 5.11. The summed E-state index contributed by atoms with van der Waals surface area (Å²) in [4.78, 5) is 10.7. The Hall–Kier alpha value is 0.160. The van der Waals surface area contributed by atoms with E-state index in [9.17, 15) is 4.79 Å². The van der Waals surface area contributed by atoms with Gasteiger partial charge in [0.1, 0.15) is 6.04 Å². The van der Waals surface area contributed by atoms with Gasteiger partial charge in [-0.3, -0.25) is 4.79 Å². The molecule has 0 spiro atoms. The van der Waals surface area contributed by atoms with Crippen molar-refractivity contribution >= 4 is 28.8 Å². The topological polar surface area (TPSA) is 40.5 Å². The van der Waals surface area contributed by atoms with Crippen molar-refractivity contribution in [1.29, 1.82) is 0 Å². The zero-order valence-corrected chi connectivity index (χ0v) is 8.61. The van der Waals surface area contributed by atoms with Crippen LogP contribution in [0.1, 0.15) is 19.8 Å². The number of piperidine rings is 1. The van der Waals surface area contributed by atoms with Crippen LogP contribution in [-0.4, -0.2) is 26.8 Å². The van der Waals surface area contributed by atoms with Crippen LogP contribution in [0.4, 0.5) is 0 Å². The Morgan fingerprint density at radius 2 is 2.36 bits per heavy atom. The summed E-state index contributed by atoms with van der Waals surface area (Å²) in [6, 6.07) is -0.264. The molecule has 1 heterocycles. The fourth-order valence-electron chi connectivity index (χ4n) is 1.33. The summed E-state index contributed by atoms with van der Waals surface area (Å²) in [5.41, 5.74) is 0. The van der Waals surface area contributed by atoms with Gasteiger partial charge in [-0.1, -0.05) is 6.92 Å². The quantitative estimate of drug-likeness (QED) is 0.579. The Labute approximate surface area is 80.3 Å². The molecule has 0 saturated carbocycles. The predicted octanol–water partition coefficient (Wildman–Crippen LogP) is 1.52. The summed E-state index contributed by atoms with van der Waals surface area (Å²) >= 11 is 2.10. The first kappa shape index (κ1) is 9.25. The molecule has 1 rings (SSSR count). The van der Waals surface area contributed by atoms with Crippen LogP contribution < -0.4 is 0 Å². The highest BCUT2D eigenvalue weighted by molar-refractivity contribution is 14.1. The number of nitrogens with zero attached hydrogens (tertiary/aromatic N) is 1. The maximum Gasteiger partial charge on any atom is 0.321 e. The molecule has 2 atom stereocenters. The summed E-state index contributed by atoms with van der Waals surface area (Å²) < 4.78 is 1.89. The maximum absolute atomic E-state index is 10.7. The molecule has 0 amide bonds. The van der Waals surface area contributed by atoms with E-state index in [2.05, 4.69) is 29.8 Å². The number of carbonyl (C=O) groups is 1. The van der Waals surface area contributed by atoms with Crippen LogP contribution in [0.15, 0.2) is 0 Å². The summed E-state index contributed by atoms with van der Waals surface area (Å²) in [6.07, 6.45) is 1.91. The highest BCUT2D eigenvalue weighted by Gasteiger charge is 2.29. The molecule has 1 aliphatic rings. The van der Waals surface area contributed by atoms with Crippen LogP contribution in [0.5, 0.6) is 0 Å². The van der Waals surface area contributed by atoms with Crippen molar-refractivity contribution in [3.8, 4) is 0 Å². The molecule has 0 aromatic rings. The lowest BCUT2D eigenvalue weighted by Gasteiger charge is -2.30. The molecule has 0 radical (unpaired) electrons. The zero-order valence-electron chi connectivity index (χ0n) is 6.46. The third-order valence-corrected chi connectivity index (χ3v) is 3.24. The lowest BCUT2D eigenvalue weighted by atomic mass is 9.94. The molecule has 1 N–H and O–H groups in total. The van der Waals surface area contributed by atoms with E-state index in [0.717, 1.165) is 19.4 Å². The van der Waals surface area contributed by atoms with Gasteiger partial charge in [-0.15, -0.1) is 0 Å². The van der Waals surface area contributed by atoms with Gasteiger partial charge in [-0.2, -0.15) is 0 Å². The fourth-order valence-corrected chi connectivity index (χ4v) is 2.08. The van der Waals surface area contributed by atoms with Crippen molar-refractivity contribution in [2.24, 2.45) is 5.92 Å². The molecule has 2 unspecified atom stereocenters. The molecular weight excluding hydrogens is 257 g/mol. The average molecular weight is 269 g/mol. The van der Waals surface area contributed by atoms with Gasteiger partial charge < -0.3 is 5.11 Å². The van der Waals surface area contributed by atoms with E-state index >= 15 is 0 Å². The van der Waals surface area contributed by atoms with Crippen LogP contribution >= 0.6 is 22.9 Å². The van der Waals surface area contributed by atoms with E-state index < -0.39 is 5.97 Å². The summed E-state index contributed by atoms with van der Waals surface area (Å²) in [5.74, 6) is -0.131. The van der Waals surface area contributed by atoms with Crippen molar-refractivity contribution in [3.05, 3.63) is 0 Å². The normalized spacial score (nSPS) is 33.6. The van der Waals surface area contributed by atoms with Crippen LogP contribution in [0.25, 0.3) is 0 Å². The van der Waals surface area contributed by atoms with Crippen molar-refractivity contribution in [2.45, 2.75) is 25.8 Å². The minimum atomic E-state index is -0.689. The fraction of sp³-hybridized carbons (Fsp3) is 0.857. The van der Waals surface area contributed by atoms with Gasteiger partial charge in [0.15, 0.2) is 0 Å². The lowest BCUT2D eigenvalue weighted by molar-refractivity contribution is -0.142. The van der Waals surface area contributed by atoms with Gasteiger partial charge in [-0.05, 0) is 18.8 Å². The van der Waals surface area contributed by atoms with Gasteiger partial charge in [-0.25, -0.2) is 3.11 Å². The first-order valence-corrected chi connectivity index (χ1v) is 4.73. The second-order valence-electron chi connectivity index (χ2n) is 3.11. The lowest BCUT2D eigenvalue weighted by Crippen LogP contribution is -2.40. The largest absolute Gasteiger partial charge is 0.480 e. The number of carboxylic acid groups (broad SMARTS) is 1. The van der Waals surface area contributed by atoms with Crippen molar-refractivity contribution in [3.63, 3.8) is 0 Å². The molecule has 3 nitrogen and oxygen atoms in total. The third kappa shape index (κ3) is 2.30. The highest BCUT2D eigenvalue weighted by Crippen LogP contribution is 2.24. The first-order valence-electron chi connectivity index (χ1n) is 3.76. The molecule has 1 saturated heterocycles.